The second-order valence-corrected chi connectivity index (χ2v) is 6.89. The number of hydrogen-bond acceptors (Lipinski definition) is 4. The summed E-state index contributed by atoms with van der Waals surface area (Å²) in [6, 6.07) is 7.21. The van der Waals surface area contributed by atoms with Crippen LogP contribution in [0.25, 0.3) is 0 Å². The fourth-order valence-corrected chi connectivity index (χ4v) is 3.23. The first-order valence-electron chi connectivity index (χ1n) is 8.47. The minimum absolute atomic E-state index is 0.0291. The van der Waals surface area contributed by atoms with Gasteiger partial charge in [-0.25, -0.2) is 0 Å². The SMILES string of the molecule is Cc1cc(N(C)C)cc(C2CCN(C(=O)c3ccc(=O)n(C)c3)C2)n1. The van der Waals surface area contributed by atoms with Gasteiger partial charge in [0.25, 0.3) is 5.91 Å². The molecule has 132 valence electrons. The second kappa shape index (κ2) is 6.70. The highest BCUT2D eigenvalue weighted by Gasteiger charge is 2.29. The lowest BCUT2D eigenvalue weighted by Crippen LogP contribution is -2.30. The van der Waals surface area contributed by atoms with E-state index in [1.807, 2.05) is 25.9 Å². The third-order valence-electron chi connectivity index (χ3n) is 4.70. The Morgan fingerprint density at radius 1 is 1.28 bits per heavy atom. The van der Waals surface area contributed by atoms with Crippen LogP contribution in [0.4, 0.5) is 5.69 Å². The molecular formula is C19H24N4O2. The molecule has 6 nitrogen and oxygen atoms in total. The van der Waals surface area contributed by atoms with Crippen LogP contribution < -0.4 is 10.5 Å². The van der Waals surface area contributed by atoms with E-state index in [4.69, 9.17) is 0 Å². The second-order valence-electron chi connectivity index (χ2n) is 6.89. The summed E-state index contributed by atoms with van der Waals surface area (Å²) in [7, 11) is 5.69. The fraction of sp³-hybridized carbons (Fsp3) is 0.421. The van der Waals surface area contributed by atoms with Crippen molar-refractivity contribution in [1.82, 2.24) is 14.5 Å². The van der Waals surface area contributed by atoms with Gasteiger partial charge < -0.3 is 14.4 Å². The zero-order chi connectivity index (χ0) is 18.1. The van der Waals surface area contributed by atoms with Crippen molar-refractivity contribution in [2.75, 3.05) is 32.1 Å². The predicted octanol–water partition coefficient (Wildman–Crippen LogP) is 1.78. The number of carbonyl (C=O) groups is 1. The largest absolute Gasteiger partial charge is 0.378 e. The third-order valence-corrected chi connectivity index (χ3v) is 4.70. The lowest BCUT2D eigenvalue weighted by molar-refractivity contribution is 0.0789. The Balaban J connectivity index is 1.78. The normalized spacial score (nSPS) is 17.0. The number of aryl methyl sites for hydroxylation is 2. The van der Waals surface area contributed by atoms with Crippen LogP contribution in [0.5, 0.6) is 0 Å². The molecule has 1 atom stereocenters. The molecule has 0 aromatic carbocycles. The molecule has 25 heavy (non-hydrogen) atoms. The van der Waals surface area contributed by atoms with Gasteiger partial charge in [-0.2, -0.15) is 0 Å². The molecule has 0 spiro atoms. The maximum atomic E-state index is 12.7. The van der Waals surface area contributed by atoms with Crippen LogP contribution in [0.1, 0.15) is 34.1 Å². The molecular weight excluding hydrogens is 316 g/mol. The Hall–Kier alpha value is -2.63. The molecule has 3 heterocycles. The molecule has 0 N–H and O–H groups in total. The van der Waals surface area contributed by atoms with Crippen molar-refractivity contribution in [1.29, 1.82) is 0 Å². The first kappa shape index (κ1) is 17.2. The molecule has 0 radical (unpaired) electrons. The number of aromatic nitrogens is 2. The van der Waals surface area contributed by atoms with Crippen LogP contribution in [0, 0.1) is 6.92 Å². The van der Waals surface area contributed by atoms with Gasteiger partial charge in [-0.3, -0.25) is 14.6 Å². The van der Waals surface area contributed by atoms with Gasteiger partial charge in [0.05, 0.1) is 5.56 Å². The van der Waals surface area contributed by atoms with Crippen LogP contribution in [-0.2, 0) is 7.05 Å². The molecule has 0 bridgehead atoms. The molecule has 0 saturated carbocycles. The van der Waals surface area contributed by atoms with Gasteiger partial charge in [-0.05, 0) is 31.5 Å². The Morgan fingerprint density at radius 3 is 2.72 bits per heavy atom. The summed E-state index contributed by atoms with van der Waals surface area (Å²) < 4.78 is 1.44. The molecule has 2 aromatic rings. The number of pyridine rings is 2. The average molecular weight is 340 g/mol. The number of hydrogen-bond donors (Lipinski definition) is 0. The van der Waals surface area contributed by atoms with Gasteiger partial charge in [-0.15, -0.1) is 0 Å². The topological polar surface area (TPSA) is 58.4 Å². The first-order valence-corrected chi connectivity index (χ1v) is 8.47. The molecule has 0 aliphatic carbocycles. The lowest BCUT2D eigenvalue weighted by Gasteiger charge is -2.19. The van der Waals surface area contributed by atoms with Gasteiger partial charge in [0.2, 0.25) is 5.56 Å². The molecule has 3 rings (SSSR count). The lowest BCUT2D eigenvalue weighted by atomic mass is 10.0. The van der Waals surface area contributed by atoms with Crippen LogP contribution >= 0.6 is 0 Å². The number of anilines is 1. The molecule has 1 fully saturated rings. The van der Waals surface area contributed by atoms with E-state index in [0.717, 1.165) is 23.5 Å². The van der Waals surface area contributed by atoms with Gasteiger partial charge in [-0.1, -0.05) is 0 Å². The van der Waals surface area contributed by atoms with Crippen LogP contribution in [0.3, 0.4) is 0 Å². The van der Waals surface area contributed by atoms with Crippen molar-refractivity contribution in [3.8, 4) is 0 Å². The smallest absolute Gasteiger partial charge is 0.255 e. The van der Waals surface area contributed by atoms with E-state index >= 15 is 0 Å². The van der Waals surface area contributed by atoms with Gasteiger partial charge in [0, 0.05) is 69.5 Å². The molecule has 1 saturated heterocycles. The molecule has 1 amide bonds. The summed E-state index contributed by atoms with van der Waals surface area (Å²) in [4.78, 5) is 32.8. The van der Waals surface area contributed by atoms with E-state index in [1.165, 1.54) is 10.6 Å². The highest BCUT2D eigenvalue weighted by Crippen LogP contribution is 2.29. The summed E-state index contributed by atoms with van der Waals surface area (Å²) in [6.45, 7) is 3.36. The summed E-state index contributed by atoms with van der Waals surface area (Å²) in [6.07, 6.45) is 2.51. The van der Waals surface area contributed by atoms with E-state index in [1.54, 1.807) is 19.3 Å². The van der Waals surface area contributed by atoms with Gasteiger partial charge in [0.15, 0.2) is 0 Å². The van der Waals surface area contributed by atoms with Crippen molar-refractivity contribution < 1.29 is 4.79 Å². The summed E-state index contributed by atoms with van der Waals surface area (Å²) in [5.41, 5.74) is 3.60. The van der Waals surface area contributed by atoms with E-state index < -0.39 is 0 Å². The maximum absolute atomic E-state index is 12.7. The minimum atomic E-state index is -0.115. The molecule has 1 aliphatic heterocycles. The first-order chi connectivity index (χ1) is 11.8. The average Bonchev–Trinajstić information content (AvgIpc) is 3.06. The van der Waals surface area contributed by atoms with E-state index in [2.05, 4.69) is 22.0 Å². The minimum Gasteiger partial charge on any atom is -0.378 e. The van der Waals surface area contributed by atoms with Crippen LogP contribution in [0.2, 0.25) is 0 Å². The van der Waals surface area contributed by atoms with E-state index in [0.29, 0.717) is 18.7 Å². The Bertz CT molecular complexity index is 857. The van der Waals surface area contributed by atoms with Crippen molar-refractivity contribution in [3.63, 3.8) is 0 Å². The summed E-state index contributed by atoms with van der Waals surface area (Å²) in [5, 5.41) is 0. The highest BCUT2D eigenvalue weighted by molar-refractivity contribution is 5.94. The van der Waals surface area contributed by atoms with Crippen LogP contribution in [0.15, 0.2) is 35.3 Å². The number of amides is 1. The zero-order valence-corrected chi connectivity index (χ0v) is 15.2. The quantitative estimate of drug-likeness (QED) is 0.855. The summed E-state index contributed by atoms with van der Waals surface area (Å²) in [5.74, 6) is 0.216. The van der Waals surface area contributed by atoms with Crippen LogP contribution in [-0.4, -0.2) is 47.5 Å². The van der Waals surface area contributed by atoms with Gasteiger partial charge >= 0.3 is 0 Å². The van der Waals surface area contributed by atoms with E-state index in [-0.39, 0.29) is 17.4 Å². The number of rotatable bonds is 3. The maximum Gasteiger partial charge on any atom is 0.255 e. The van der Waals surface area contributed by atoms with Crippen molar-refractivity contribution in [2.24, 2.45) is 7.05 Å². The summed E-state index contributed by atoms with van der Waals surface area (Å²) >= 11 is 0. The van der Waals surface area contributed by atoms with Crippen molar-refractivity contribution in [2.45, 2.75) is 19.3 Å². The monoisotopic (exact) mass is 340 g/mol. The Morgan fingerprint density at radius 2 is 2.04 bits per heavy atom. The molecule has 2 aromatic heterocycles. The fourth-order valence-electron chi connectivity index (χ4n) is 3.23. The molecule has 6 heteroatoms. The van der Waals surface area contributed by atoms with Gasteiger partial charge in [0.1, 0.15) is 0 Å². The Kier molecular flexibility index (Phi) is 4.61. The van der Waals surface area contributed by atoms with Crippen molar-refractivity contribution >= 4 is 11.6 Å². The Labute approximate surface area is 147 Å². The van der Waals surface area contributed by atoms with Crippen molar-refractivity contribution in [3.05, 3.63) is 57.8 Å². The number of carbonyl (C=O) groups excluding carboxylic acids is 1. The number of likely N-dealkylation sites (tertiary alicyclic amines) is 1. The molecule has 1 aliphatic rings. The zero-order valence-electron chi connectivity index (χ0n) is 15.2. The predicted molar refractivity (Wildman–Crippen MR) is 98.2 cm³/mol. The molecule has 1 unspecified atom stereocenters. The standard InChI is InChI=1S/C19H24N4O2/c1-13-9-16(21(2)3)10-17(20-13)14-7-8-23(12-14)19(25)15-5-6-18(24)22(4)11-15/h5-6,9-11,14H,7-8,12H2,1-4H3. The van der Waals surface area contributed by atoms with E-state index in [9.17, 15) is 9.59 Å². The highest BCUT2D eigenvalue weighted by atomic mass is 16.2. The number of nitrogens with zero attached hydrogens (tertiary/aromatic N) is 4. The third kappa shape index (κ3) is 3.57.